The molecule has 2 rings (SSSR count). The largest absolute Gasteiger partial charge is 0.495 e. The summed E-state index contributed by atoms with van der Waals surface area (Å²) >= 11 is 0. The number of aromatic nitrogens is 1. The van der Waals surface area contributed by atoms with E-state index < -0.39 is 0 Å². The minimum absolute atomic E-state index is 0.224. The zero-order valence-corrected chi connectivity index (χ0v) is 11.4. The standard InChI is InChI=1S/C15H24N2O/c1-3-5-11-7-8-13(16)12(10-11)15-14(18-2)6-4-9-17-15/h4,6,9,11-13H,3,5,7-8,10,16H2,1-2H3. The first kappa shape index (κ1) is 13.3. The predicted molar refractivity (Wildman–Crippen MR) is 73.8 cm³/mol. The van der Waals surface area contributed by atoms with Crippen LogP contribution >= 0.6 is 0 Å². The van der Waals surface area contributed by atoms with Crippen LogP contribution in [0.25, 0.3) is 0 Å². The van der Waals surface area contributed by atoms with E-state index in [4.69, 9.17) is 10.5 Å². The van der Waals surface area contributed by atoms with Crippen molar-refractivity contribution in [2.75, 3.05) is 7.11 Å². The summed E-state index contributed by atoms with van der Waals surface area (Å²) in [5.74, 6) is 2.04. The van der Waals surface area contributed by atoms with Crippen LogP contribution in [-0.2, 0) is 0 Å². The van der Waals surface area contributed by atoms with Gasteiger partial charge in [0.15, 0.2) is 0 Å². The summed E-state index contributed by atoms with van der Waals surface area (Å²) in [5.41, 5.74) is 7.35. The lowest BCUT2D eigenvalue weighted by molar-refractivity contribution is 0.265. The molecule has 1 aliphatic carbocycles. The maximum atomic E-state index is 6.30. The van der Waals surface area contributed by atoms with Gasteiger partial charge in [-0.3, -0.25) is 4.98 Å². The van der Waals surface area contributed by atoms with Crippen molar-refractivity contribution in [2.24, 2.45) is 11.7 Å². The highest BCUT2D eigenvalue weighted by molar-refractivity contribution is 5.31. The van der Waals surface area contributed by atoms with Crippen molar-refractivity contribution in [3.63, 3.8) is 0 Å². The monoisotopic (exact) mass is 248 g/mol. The zero-order chi connectivity index (χ0) is 13.0. The molecule has 0 bridgehead atoms. The van der Waals surface area contributed by atoms with Gasteiger partial charge in [-0.25, -0.2) is 0 Å². The number of pyridine rings is 1. The minimum Gasteiger partial charge on any atom is -0.495 e. The fourth-order valence-electron chi connectivity index (χ4n) is 3.12. The molecular weight excluding hydrogens is 224 g/mol. The predicted octanol–water partition coefficient (Wildman–Crippen LogP) is 3.10. The maximum absolute atomic E-state index is 6.30. The minimum atomic E-state index is 0.224. The molecule has 0 aromatic carbocycles. The highest BCUT2D eigenvalue weighted by Crippen LogP contribution is 2.39. The average Bonchev–Trinajstić information content (AvgIpc) is 2.41. The third-order valence-electron chi connectivity index (χ3n) is 4.08. The van der Waals surface area contributed by atoms with E-state index in [-0.39, 0.29) is 6.04 Å². The van der Waals surface area contributed by atoms with Crippen LogP contribution in [0.1, 0.15) is 50.6 Å². The highest BCUT2D eigenvalue weighted by atomic mass is 16.5. The van der Waals surface area contributed by atoms with Gasteiger partial charge in [0.25, 0.3) is 0 Å². The van der Waals surface area contributed by atoms with E-state index in [9.17, 15) is 0 Å². The second kappa shape index (κ2) is 6.19. The van der Waals surface area contributed by atoms with Crippen molar-refractivity contribution in [3.05, 3.63) is 24.0 Å². The van der Waals surface area contributed by atoms with Gasteiger partial charge in [0, 0.05) is 18.2 Å². The molecule has 1 aromatic rings. The second-order valence-corrected chi connectivity index (χ2v) is 5.33. The summed E-state index contributed by atoms with van der Waals surface area (Å²) in [6.45, 7) is 2.25. The number of hydrogen-bond acceptors (Lipinski definition) is 3. The number of hydrogen-bond donors (Lipinski definition) is 1. The fourth-order valence-corrected chi connectivity index (χ4v) is 3.12. The molecule has 1 aromatic heterocycles. The molecule has 3 heteroatoms. The number of rotatable bonds is 4. The van der Waals surface area contributed by atoms with Gasteiger partial charge in [-0.2, -0.15) is 0 Å². The molecule has 3 unspecified atom stereocenters. The van der Waals surface area contributed by atoms with Gasteiger partial charge < -0.3 is 10.5 Å². The number of ether oxygens (including phenoxy) is 1. The Morgan fingerprint density at radius 2 is 2.28 bits per heavy atom. The molecule has 0 aliphatic heterocycles. The van der Waals surface area contributed by atoms with Gasteiger partial charge in [-0.15, -0.1) is 0 Å². The van der Waals surface area contributed by atoms with Crippen LogP contribution in [0.3, 0.4) is 0 Å². The molecule has 0 amide bonds. The second-order valence-electron chi connectivity index (χ2n) is 5.33. The van der Waals surface area contributed by atoms with Crippen LogP contribution < -0.4 is 10.5 Å². The fraction of sp³-hybridized carbons (Fsp3) is 0.667. The maximum Gasteiger partial charge on any atom is 0.140 e. The van der Waals surface area contributed by atoms with Crippen LogP contribution in [0.2, 0.25) is 0 Å². The average molecular weight is 248 g/mol. The molecule has 2 N–H and O–H groups in total. The molecule has 1 heterocycles. The Hall–Kier alpha value is -1.09. The van der Waals surface area contributed by atoms with E-state index >= 15 is 0 Å². The summed E-state index contributed by atoms with van der Waals surface area (Å²) in [6, 6.07) is 4.13. The van der Waals surface area contributed by atoms with Gasteiger partial charge in [0.05, 0.1) is 12.8 Å². The highest BCUT2D eigenvalue weighted by Gasteiger charge is 2.31. The van der Waals surface area contributed by atoms with Crippen molar-refractivity contribution in [1.29, 1.82) is 0 Å². The van der Waals surface area contributed by atoms with Gasteiger partial charge >= 0.3 is 0 Å². The summed E-state index contributed by atoms with van der Waals surface area (Å²) in [4.78, 5) is 4.51. The summed E-state index contributed by atoms with van der Waals surface area (Å²) in [7, 11) is 1.71. The molecule has 0 saturated heterocycles. The van der Waals surface area contributed by atoms with Crippen molar-refractivity contribution in [3.8, 4) is 5.75 Å². The lowest BCUT2D eigenvalue weighted by Crippen LogP contribution is -2.35. The van der Waals surface area contributed by atoms with Gasteiger partial charge in [0.1, 0.15) is 5.75 Å². The molecule has 1 aliphatic rings. The Morgan fingerprint density at radius 3 is 3.00 bits per heavy atom. The molecule has 3 atom stereocenters. The van der Waals surface area contributed by atoms with Gasteiger partial charge in [0.2, 0.25) is 0 Å². The van der Waals surface area contributed by atoms with Crippen molar-refractivity contribution in [1.82, 2.24) is 4.98 Å². The van der Waals surface area contributed by atoms with E-state index in [1.807, 2.05) is 18.3 Å². The molecule has 0 spiro atoms. The Labute approximate surface area is 110 Å². The molecule has 100 valence electrons. The number of nitrogens with two attached hydrogens (primary N) is 1. The van der Waals surface area contributed by atoms with E-state index in [0.717, 1.165) is 30.2 Å². The van der Waals surface area contributed by atoms with Crippen LogP contribution in [-0.4, -0.2) is 18.1 Å². The quantitative estimate of drug-likeness (QED) is 0.890. The van der Waals surface area contributed by atoms with Crippen molar-refractivity contribution < 1.29 is 4.74 Å². The zero-order valence-electron chi connectivity index (χ0n) is 11.4. The van der Waals surface area contributed by atoms with Crippen LogP contribution in [0, 0.1) is 5.92 Å². The topological polar surface area (TPSA) is 48.1 Å². The molecule has 1 fully saturated rings. The van der Waals surface area contributed by atoms with Crippen molar-refractivity contribution >= 4 is 0 Å². The van der Waals surface area contributed by atoms with Crippen LogP contribution in [0.5, 0.6) is 5.75 Å². The normalized spacial score (nSPS) is 28.1. The number of methoxy groups -OCH3 is 1. The summed E-state index contributed by atoms with van der Waals surface area (Å²) in [6.07, 6.45) is 7.93. The first-order chi connectivity index (χ1) is 8.76. The third-order valence-corrected chi connectivity index (χ3v) is 4.08. The first-order valence-electron chi connectivity index (χ1n) is 7.00. The van der Waals surface area contributed by atoms with E-state index in [1.165, 1.54) is 19.3 Å². The Morgan fingerprint density at radius 1 is 1.44 bits per heavy atom. The lowest BCUT2D eigenvalue weighted by Gasteiger charge is -2.34. The number of nitrogens with zero attached hydrogens (tertiary/aromatic N) is 1. The SMILES string of the molecule is CCCC1CCC(N)C(c2ncccc2OC)C1. The van der Waals surface area contributed by atoms with Crippen LogP contribution in [0.15, 0.2) is 18.3 Å². The van der Waals surface area contributed by atoms with E-state index in [0.29, 0.717) is 5.92 Å². The molecule has 18 heavy (non-hydrogen) atoms. The third kappa shape index (κ3) is 2.83. The first-order valence-corrected chi connectivity index (χ1v) is 7.00. The van der Waals surface area contributed by atoms with E-state index in [1.54, 1.807) is 7.11 Å². The Balaban J connectivity index is 2.18. The lowest BCUT2D eigenvalue weighted by atomic mass is 9.75. The van der Waals surface area contributed by atoms with Crippen molar-refractivity contribution in [2.45, 2.75) is 51.0 Å². The van der Waals surface area contributed by atoms with E-state index in [2.05, 4.69) is 11.9 Å². The Bertz CT molecular complexity index is 381. The summed E-state index contributed by atoms with van der Waals surface area (Å²) in [5, 5.41) is 0. The van der Waals surface area contributed by atoms with Crippen LogP contribution in [0.4, 0.5) is 0 Å². The summed E-state index contributed by atoms with van der Waals surface area (Å²) < 4.78 is 5.42. The smallest absolute Gasteiger partial charge is 0.140 e. The molecular formula is C15H24N2O. The Kier molecular flexibility index (Phi) is 4.59. The molecule has 0 radical (unpaired) electrons. The van der Waals surface area contributed by atoms with Gasteiger partial charge in [-0.1, -0.05) is 19.8 Å². The van der Waals surface area contributed by atoms with Gasteiger partial charge in [-0.05, 0) is 37.3 Å². The molecule has 1 saturated carbocycles. The molecule has 3 nitrogen and oxygen atoms in total.